The molecule has 0 aromatic heterocycles. The Morgan fingerprint density at radius 1 is 1.24 bits per heavy atom. The number of ether oxygens (including phenoxy) is 2. The number of hydrogen-bond acceptors (Lipinski definition) is 5. The molecule has 2 N–H and O–H groups in total. The molecule has 6 nitrogen and oxygen atoms in total. The molecule has 0 bridgehead atoms. The van der Waals surface area contributed by atoms with Crippen LogP contribution in [0, 0.1) is 5.92 Å². The number of hydrogen-bond donors (Lipinski definition) is 2. The Labute approximate surface area is 127 Å². The highest BCUT2D eigenvalue weighted by atomic mass is 16.6. The van der Waals surface area contributed by atoms with Crippen molar-refractivity contribution in [2.24, 2.45) is 5.92 Å². The van der Waals surface area contributed by atoms with Crippen LogP contribution in [0.3, 0.4) is 0 Å². The van der Waals surface area contributed by atoms with Gasteiger partial charge in [0.1, 0.15) is 5.60 Å². The molecular formula is C15H29NO5. The van der Waals surface area contributed by atoms with Crippen LogP contribution in [0.2, 0.25) is 0 Å². The van der Waals surface area contributed by atoms with Crippen LogP contribution in [0.25, 0.3) is 0 Å². The third kappa shape index (κ3) is 8.55. The third-order valence-corrected chi connectivity index (χ3v) is 2.94. The van der Waals surface area contributed by atoms with Crippen molar-refractivity contribution in [2.75, 3.05) is 6.61 Å². The maximum atomic E-state index is 11.9. The number of aliphatic hydroxyl groups excluding tert-OH is 1. The SMILES string of the molecule is CCOC(=O)C(NC(=O)OC(C)(C)C)[C@@H](O)C[C@@H](C)CC. The molecule has 0 saturated carbocycles. The number of esters is 1. The Morgan fingerprint density at radius 3 is 2.24 bits per heavy atom. The number of carbonyl (C=O) groups excluding carboxylic acids is 2. The Morgan fingerprint density at radius 2 is 1.81 bits per heavy atom. The highest BCUT2D eigenvalue weighted by Crippen LogP contribution is 2.14. The van der Waals surface area contributed by atoms with E-state index in [2.05, 4.69) is 5.32 Å². The van der Waals surface area contributed by atoms with E-state index in [1.54, 1.807) is 27.7 Å². The summed E-state index contributed by atoms with van der Waals surface area (Å²) in [7, 11) is 0. The predicted molar refractivity (Wildman–Crippen MR) is 79.9 cm³/mol. The Balaban J connectivity index is 4.81. The van der Waals surface area contributed by atoms with Gasteiger partial charge in [0.15, 0.2) is 6.04 Å². The smallest absolute Gasteiger partial charge is 0.408 e. The molecule has 0 aromatic carbocycles. The predicted octanol–water partition coefficient (Wildman–Crippen LogP) is 2.24. The summed E-state index contributed by atoms with van der Waals surface area (Å²) in [6.07, 6.45) is -0.482. The highest BCUT2D eigenvalue weighted by Gasteiger charge is 2.32. The van der Waals surface area contributed by atoms with E-state index in [4.69, 9.17) is 9.47 Å². The molecule has 6 heteroatoms. The molecule has 0 aliphatic rings. The summed E-state index contributed by atoms with van der Waals surface area (Å²) >= 11 is 0. The molecular weight excluding hydrogens is 274 g/mol. The zero-order valence-electron chi connectivity index (χ0n) is 13.9. The van der Waals surface area contributed by atoms with Crippen molar-refractivity contribution in [3.63, 3.8) is 0 Å². The number of amides is 1. The quantitative estimate of drug-likeness (QED) is 0.705. The van der Waals surface area contributed by atoms with E-state index in [-0.39, 0.29) is 12.5 Å². The van der Waals surface area contributed by atoms with E-state index >= 15 is 0 Å². The van der Waals surface area contributed by atoms with E-state index in [1.165, 1.54) is 0 Å². The van der Waals surface area contributed by atoms with E-state index in [9.17, 15) is 14.7 Å². The van der Waals surface area contributed by atoms with Gasteiger partial charge in [-0.25, -0.2) is 9.59 Å². The summed E-state index contributed by atoms with van der Waals surface area (Å²) in [5, 5.41) is 12.6. The van der Waals surface area contributed by atoms with Crippen LogP contribution < -0.4 is 5.32 Å². The van der Waals surface area contributed by atoms with E-state index in [0.717, 1.165) is 6.42 Å². The summed E-state index contributed by atoms with van der Waals surface area (Å²) in [5.41, 5.74) is -0.676. The number of rotatable bonds is 7. The van der Waals surface area contributed by atoms with Crippen molar-refractivity contribution in [3.8, 4) is 0 Å². The fourth-order valence-corrected chi connectivity index (χ4v) is 1.69. The topological polar surface area (TPSA) is 84.9 Å². The molecule has 0 radical (unpaired) electrons. The van der Waals surface area contributed by atoms with Crippen LogP contribution in [0.4, 0.5) is 4.79 Å². The van der Waals surface area contributed by atoms with Gasteiger partial charge in [-0.05, 0) is 40.0 Å². The second-order valence-electron chi connectivity index (χ2n) is 6.19. The van der Waals surface area contributed by atoms with Crippen LogP contribution in [0.15, 0.2) is 0 Å². The van der Waals surface area contributed by atoms with Gasteiger partial charge in [0.2, 0.25) is 0 Å². The van der Waals surface area contributed by atoms with Gasteiger partial charge in [-0.2, -0.15) is 0 Å². The number of carbonyl (C=O) groups is 2. The Kier molecular flexibility index (Phi) is 8.32. The van der Waals surface area contributed by atoms with Crippen molar-refractivity contribution in [3.05, 3.63) is 0 Å². The minimum atomic E-state index is -1.12. The van der Waals surface area contributed by atoms with Gasteiger partial charge in [-0.15, -0.1) is 0 Å². The Bertz CT molecular complexity index is 337. The molecule has 1 unspecified atom stereocenters. The van der Waals surface area contributed by atoms with Gasteiger partial charge in [0.05, 0.1) is 12.7 Å². The first-order valence-corrected chi connectivity index (χ1v) is 7.44. The molecule has 124 valence electrons. The van der Waals surface area contributed by atoms with Gasteiger partial charge in [0, 0.05) is 0 Å². The third-order valence-electron chi connectivity index (χ3n) is 2.94. The number of alkyl carbamates (subject to hydrolysis) is 1. The summed E-state index contributed by atoms with van der Waals surface area (Å²) in [6, 6.07) is -1.12. The summed E-state index contributed by atoms with van der Waals surface area (Å²) < 4.78 is 10.0. The summed E-state index contributed by atoms with van der Waals surface area (Å²) in [5.74, 6) is -0.420. The lowest BCUT2D eigenvalue weighted by molar-refractivity contribution is -0.149. The van der Waals surface area contributed by atoms with Crippen LogP contribution in [-0.4, -0.2) is 41.5 Å². The second-order valence-corrected chi connectivity index (χ2v) is 6.19. The average molecular weight is 303 g/mol. The van der Waals surface area contributed by atoms with Crippen LogP contribution in [-0.2, 0) is 14.3 Å². The molecule has 0 aliphatic heterocycles. The maximum Gasteiger partial charge on any atom is 0.408 e. The van der Waals surface area contributed by atoms with Gasteiger partial charge in [-0.1, -0.05) is 20.3 Å². The molecule has 0 saturated heterocycles. The number of aliphatic hydroxyl groups is 1. The zero-order valence-corrected chi connectivity index (χ0v) is 13.9. The fraction of sp³-hybridized carbons (Fsp3) is 0.867. The summed E-state index contributed by atoms with van der Waals surface area (Å²) in [4.78, 5) is 23.7. The van der Waals surface area contributed by atoms with E-state index in [0.29, 0.717) is 6.42 Å². The van der Waals surface area contributed by atoms with E-state index in [1.807, 2.05) is 13.8 Å². The molecule has 0 spiro atoms. The molecule has 3 atom stereocenters. The highest BCUT2D eigenvalue weighted by molar-refractivity contribution is 5.82. The van der Waals surface area contributed by atoms with Gasteiger partial charge >= 0.3 is 12.1 Å². The van der Waals surface area contributed by atoms with E-state index < -0.39 is 29.8 Å². The molecule has 0 aliphatic carbocycles. The van der Waals surface area contributed by atoms with Crippen molar-refractivity contribution in [1.29, 1.82) is 0 Å². The van der Waals surface area contributed by atoms with Crippen molar-refractivity contribution in [2.45, 2.75) is 72.1 Å². The molecule has 0 rings (SSSR count). The molecule has 0 fully saturated rings. The lowest BCUT2D eigenvalue weighted by atomic mass is 9.97. The number of nitrogens with one attached hydrogen (secondary N) is 1. The monoisotopic (exact) mass is 303 g/mol. The van der Waals surface area contributed by atoms with Crippen LogP contribution in [0.1, 0.15) is 54.4 Å². The minimum absolute atomic E-state index is 0.182. The fourth-order valence-electron chi connectivity index (χ4n) is 1.69. The summed E-state index contributed by atoms with van der Waals surface area (Å²) in [6.45, 7) is 11.0. The van der Waals surface area contributed by atoms with Crippen LogP contribution >= 0.6 is 0 Å². The largest absolute Gasteiger partial charge is 0.464 e. The standard InChI is InChI=1S/C15H29NO5/c1-7-10(3)9-11(17)12(13(18)20-8-2)16-14(19)21-15(4,5)6/h10-12,17H,7-9H2,1-6H3,(H,16,19)/t10-,11-,12?/m0/s1. The normalized spacial score (nSPS) is 15.8. The van der Waals surface area contributed by atoms with Gasteiger partial charge in [0.25, 0.3) is 0 Å². The Hall–Kier alpha value is -1.30. The van der Waals surface area contributed by atoms with Gasteiger partial charge in [-0.3, -0.25) is 0 Å². The van der Waals surface area contributed by atoms with Crippen molar-refractivity contribution in [1.82, 2.24) is 5.32 Å². The second kappa shape index (κ2) is 8.87. The van der Waals surface area contributed by atoms with Crippen LogP contribution in [0.5, 0.6) is 0 Å². The lowest BCUT2D eigenvalue weighted by Gasteiger charge is -2.26. The van der Waals surface area contributed by atoms with Crippen molar-refractivity contribution < 1.29 is 24.2 Å². The first-order valence-electron chi connectivity index (χ1n) is 7.44. The van der Waals surface area contributed by atoms with Gasteiger partial charge < -0.3 is 19.9 Å². The first-order chi connectivity index (χ1) is 9.60. The molecule has 21 heavy (non-hydrogen) atoms. The molecule has 0 heterocycles. The zero-order chi connectivity index (χ0) is 16.6. The van der Waals surface area contributed by atoms with Crippen molar-refractivity contribution >= 4 is 12.1 Å². The average Bonchev–Trinajstić information content (AvgIpc) is 2.33. The first kappa shape index (κ1) is 19.7. The lowest BCUT2D eigenvalue weighted by Crippen LogP contribution is -2.51. The minimum Gasteiger partial charge on any atom is -0.464 e. The maximum absolute atomic E-state index is 11.9. The molecule has 1 amide bonds. The molecule has 0 aromatic rings.